The topological polar surface area (TPSA) is 56.1 Å². The van der Waals surface area contributed by atoms with E-state index < -0.39 is 6.10 Å². The number of hydrogen-bond donors (Lipinski definition) is 2. The fourth-order valence-electron chi connectivity index (χ4n) is 2.45. The smallest absolute Gasteiger partial charge is 0.124 e. The lowest BCUT2D eigenvalue weighted by molar-refractivity contribution is 0.0744. The number of benzene rings is 2. The van der Waals surface area contributed by atoms with E-state index >= 15 is 0 Å². The lowest BCUT2D eigenvalue weighted by atomic mass is 10.0. The van der Waals surface area contributed by atoms with Gasteiger partial charge in [0.05, 0.1) is 11.8 Å². The molecule has 0 aliphatic carbocycles. The van der Waals surface area contributed by atoms with Crippen LogP contribution in [0.25, 0.3) is 0 Å². The van der Waals surface area contributed by atoms with Gasteiger partial charge in [-0.05, 0) is 38.5 Å². The number of likely N-dealkylation sites (N-methyl/N-ethyl adjacent to an activating group) is 1. The second-order valence-corrected chi connectivity index (χ2v) is 5.88. The molecule has 0 bridgehead atoms. The third-order valence-corrected chi connectivity index (χ3v) is 4.04. The maximum absolute atomic E-state index is 10.5. The summed E-state index contributed by atoms with van der Waals surface area (Å²) in [5, 5.41) is 26.7. The molecule has 0 saturated heterocycles. The largest absolute Gasteiger partial charge is 0.507 e. The Balaban J connectivity index is 2.19. The average Bonchev–Trinajstić information content (AvgIpc) is 2.56. The highest BCUT2D eigenvalue weighted by Crippen LogP contribution is 2.22. The summed E-state index contributed by atoms with van der Waals surface area (Å²) < 4.78 is 0. The lowest BCUT2D eigenvalue weighted by Gasteiger charge is -2.27. The van der Waals surface area contributed by atoms with Crippen LogP contribution in [0.2, 0.25) is 0 Å². The first-order chi connectivity index (χ1) is 10.9. The molecule has 0 spiro atoms. The monoisotopic (exact) mass is 312 g/mol. The van der Waals surface area contributed by atoms with Gasteiger partial charge in [0, 0.05) is 12.6 Å². The van der Waals surface area contributed by atoms with Crippen LogP contribution in [0.1, 0.15) is 36.6 Å². The van der Waals surface area contributed by atoms with Gasteiger partial charge < -0.3 is 10.2 Å². The van der Waals surface area contributed by atoms with Gasteiger partial charge in [0.1, 0.15) is 11.9 Å². The highest BCUT2D eigenvalue weighted by Gasteiger charge is 2.20. The molecule has 2 N–H and O–H groups in total. The normalized spacial score (nSPS) is 14.4. The Bertz CT molecular complexity index is 683. The molecule has 0 radical (unpaired) electrons. The number of aliphatic hydroxyl groups excluding tert-OH is 1. The van der Waals surface area contributed by atoms with Crippen molar-refractivity contribution in [2.45, 2.75) is 32.9 Å². The molecule has 4 nitrogen and oxygen atoms in total. The van der Waals surface area contributed by atoms with Crippen LogP contribution in [0.3, 0.4) is 0 Å². The number of nitrogens with zero attached hydrogens (tertiary/aromatic N) is 2. The standard InChI is InChI=1S/C19H24N2O2/c1-13-10-11-18(22)17(12-13)14(2)20-21(4)15(3)19(23)16-8-6-5-7-9-16/h5-12,15,19,22-23H,1-4H3/b20-14+/t15-,19+/m0/s1. The van der Waals surface area contributed by atoms with Crippen LogP contribution in [0.5, 0.6) is 5.75 Å². The van der Waals surface area contributed by atoms with Crippen LogP contribution < -0.4 is 0 Å². The van der Waals surface area contributed by atoms with Crippen molar-refractivity contribution >= 4 is 5.71 Å². The number of phenolic OH excluding ortho intramolecular Hbond substituents is 1. The van der Waals surface area contributed by atoms with E-state index in [0.717, 1.165) is 11.1 Å². The fourth-order valence-corrected chi connectivity index (χ4v) is 2.45. The molecular formula is C19H24N2O2. The maximum Gasteiger partial charge on any atom is 0.124 e. The number of aromatic hydroxyl groups is 1. The number of hydrazone groups is 1. The molecule has 0 saturated carbocycles. The number of phenols is 1. The van der Waals surface area contributed by atoms with Crippen LogP contribution in [0.15, 0.2) is 53.6 Å². The zero-order valence-electron chi connectivity index (χ0n) is 14.1. The van der Waals surface area contributed by atoms with Crippen molar-refractivity contribution in [2.24, 2.45) is 5.10 Å². The SMILES string of the molecule is C/C(=N\N(C)[C@@H](C)[C@@H](O)c1ccccc1)c1cc(C)ccc1O. The molecule has 0 amide bonds. The third-order valence-electron chi connectivity index (χ3n) is 4.04. The van der Waals surface area contributed by atoms with Crippen LogP contribution in [-0.4, -0.2) is 34.0 Å². The minimum atomic E-state index is -0.635. The minimum Gasteiger partial charge on any atom is -0.507 e. The third kappa shape index (κ3) is 4.11. The van der Waals surface area contributed by atoms with Crippen molar-refractivity contribution < 1.29 is 10.2 Å². The van der Waals surface area contributed by atoms with Crippen LogP contribution in [0.4, 0.5) is 0 Å². The van der Waals surface area contributed by atoms with Gasteiger partial charge in [0.25, 0.3) is 0 Å². The molecule has 0 unspecified atom stereocenters. The second-order valence-electron chi connectivity index (χ2n) is 5.88. The Morgan fingerprint density at radius 1 is 1.13 bits per heavy atom. The number of hydrogen-bond acceptors (Lipinski definition) is 4. The molecule has 0 heterocycles. The van der Waals surface area contributed by atoms with Crippen molar-refractivity contribution in [1.29, 1.82) is 0 Å². The molecule has 2 rings (SSSR count). The van der Waals surface area contributed by atoms with Gasteiger partial charge in [-0.3, -0.25) is 5.01 Å². The molecule has 2 aromatic carbocycles. The van der Waals surface area contributed by atoms with Crippen molar-refractivity contribution in [3.8, 4) is 5.75 Å². The molecular weight excluding hydrogens is 288 g/mol. The predicted molar refractivity (Wildman–Crippen MR) is 93.7 cm³/mol. The Morgan fingerprint density at radius 3 is 2.43 bits per heavy atom. The average molecular weight is 312 g/mol. The van der Waals surface area contributed by atoms with E-state index in [1.165, 1.54) is 0 Å². The maximum atomic E-state index is 10.5. The molecule has 2 aromatic rings. The van der Waals surface area contributed by atoms with Crippen LogP contribution in [-0.2, 0) is 0 Å². The van der Waals surface area contributed by atoms with E-state index in [1.54, 1.807) is 11.1 Å². The van der Waals surface area contributed by atoms with E-state index in [2.05, 4.69) is 5.10 Å². The van der Waals surface area contributed by atoms with Gasteiger partial charge >= 0.3 is 0 Å². The molecule has 0 aromatic heterocycles. The van der Waals surface area contributed by atoms with Crippen molar-refractivity contribution in [3.05, 3.63) is 65.2 Å². The van der Waals surface area contributed by atoms with Gasteiger partial charge in [-0.15, -0.1) is 0 Å². The van der Waals surface area contributed by atoms with Gasteiger partial charge in [0.15, 0.2) is 0 Å². The highest BCUT2D eigenvalue weighted by atomic mass is 16.3. The Morgan fingerprint density at radius 2 is 1.78 bits per heavy atom. The first-order valence-electron chi connectivity index (χ1n) is 7.71. The number of aliphatic hydroxyl groups is 1. The van der Waals surface area contributed by atoms with E-state index in [0.29, 0.717) is 11.3 Å². The summed E-state index contributed by atoms with van der Waals surface area (Å²) in [5.41, 5.74) is 3.34. The van der Waals surface area contributed by atoms with Crippen molar-refractivity contribution in [1.82, 2.24) is 5.01 Å². The predicted octanol–water partition coefficient (Wildman–Crippen LogP) is 3.48. The van der Waals surface area contributed by atoms with E-state index in [4.69, 9.17) is 0 Å². The number of rotatable bonds is 5. The summed E-state index contributed by atoms with van der Waals surface area (Å²) in [6, 6.07) is 14.8. The first kappa shape index (κ1) is 17.0. The summed E-state index contributed by atoms with van der Waals surface area (Å²) in [5.74, 6) is 0.210. The van der Waals surface area contributed by atoms with E-state index in [1.807, 2.05) is 70.3 Å². The molecule has 0 aliphatic rings. The van der Waals surface area contributed by atoms with E-state index in [9.17, 15) is 10.2 Å². The van der Waals surface area contributed by atoms with Crippen molar-refractivity contribution in [2.75, 3.05) is 7.05 Å². The van der Waals surface area contributed by atoms with Gasteiger partial charge in [-0.25, -0.2) is 0 Å². The zero-order chi connectivity index (χ0) is 17.0. The Labute approximate surface area is 137 Å². The Hall–Kier alpha value is -2.33. The summed E-state index contributed by atoms with van der Waals surface area (Å²) in [7, 11) is 1.83. The minimum absolute atomic E-state index is 0.195. The van der Waals surface area contributed by atoms with Gasteiger partial charge in [0.2, 0.25) is 0 Å². The fraction of sp³-hybridized carbons (Fsp3) is 0.316. The molecule has 23 heavy (non-hydrogen) atoms. The summed E-state index contributed by atoms with van der Waals surface area (Å²) in [4.78, 5) is 0. The van der Waals surface area contributed by atoms with Gasteiger partial charge in [-0.2, -0.15) is 5.10 Å². The van der Waals surface area contributed by atoms with Crippen molar-refractivity contribution in [3.63, 3.8) is 0 Å². The Kier molecular flexibility index (Phi) is 5.40. The number of aryl methyl sites for hydroxylation is 1. The molecule has 122 valence electrons. The zero-order valence-corrected chi connectivity index (χ0v) is 14.1. The molecule has 4 heteroatoms. The summed E-state index contributed by atoms with van der Waals surface area (Å²) >= 11 is 0. The molecule has 2 atom stereocenters. The van der Waals surface area contributed by atoms with Crippen LogP contribution >= 0.6 is 0 Å². The lowest BCUT2D eigenvalue weighted by Crippen LogP contribution is -2.31. The molecule has 0 fully saturated rings. The van der Waals surface area contributed by atoms with E-state index in [-0.39, 0.29) is 11.8 Å². The summed E-state index contributed by atoms with van der Waals surface area (Å²) in [6.07, 6.45) is -0.635. The molecule has 0 aliphatic heterocycles. The quantitative estimate of drug-likeness (QED) is 0.656. The van der Waals surface area contributed by atoms with Crippen LogP contribution in [0, 0.1) is 6.92 Å². The summed E-state index contributed by atoms with van der Waals surface area (Å²) in [6.45, 7) is 5.75. The van der Waals surface area contributed by atoms with Gasteiger partial charge in [-0.1, -0.05) is 42.0 Å². The first-order valence-corrected chi connectivity index (χ1v) is 7.71. The second kappa shape index (κ2) is 7.29. The highest BCUT2D eigenvalue weighted by molar-refractivity contribution is 6.01.